The van der Waals surface area contributed by atoms with Crippen molar-refractivity contribution >= 4 is 24.1 Å². The van der Waals surface area contributed by atoms with Crippen LogP contribution < -0.4 is 10.6 Å². The molecule has 5 heteroatoms. The third kappa shape index (κ3) is 3.95. The van der Waals surface area contributed by atoms with E-state index in [2.05, 4.69) is 0 Å². The summed E-state index contributed by atoms with van der Waals surface area (Å²) in [6, 6.07) is 7.39. The Balaban J connectivity index is 2.84. The zero-order valence-electron chi connectivity index (χ0n) is 15.3. The first-order chi connectivity index (χ1) is 11.4. The van der Waals surface area contributed by atoms with Crippen LogP contribution in [0.1, 0.15) is 33.4 Å². The minimum Gasteiger partial charge on any atom is -0.284 e. The molecular formula is C20H22F3OP. The fourth-order valence-corrected chi connectivity index (χ4v) is 6.04. The summed E-state index contributed by atoms with van der Waals surface area (Å²) >= 11 is 0. The van der Waals surface area contributed by atoms with E-state index in [1.54, 1.807) is 27.7 Å². The van der Waals surface area contributed by atoms with E-state index in [0.29, 0.717) is 10.6 Å². The Morgan fingerprint density at radius 1 is 0.720 bits per heavy atom. The molecule has 0 N–H and O–H groups in total. The van der Waals surface area contributed by atoms with Crippen LogP contribution >= 0.6 is 7.92 Å². The number of benzene rings is 2. The number of halogens is 3. The standard InChI is InChI=1S/C20H22F3OP/c1-11-7-13(3)17(14(4)8-11)25(19(24)20(21,22)23)18-15(5)9-12(2)10-16(18)6/h7-10H,1-6H3. The van der Waals surface area contributed by atoms with Gasteiger partial charge in [0.25, 0.3) is 5.52 Å². The highest BCUT2D eigenvalue weighted by atomic mass is 31.1. The summed E-state index contributed by atoms with van der Waals surface area (Å²) in [5.41, 5.74) is 3.26. The van der Waals surface area contributed by atoms with Crippen molar-refractivity contribution in [3.63, 3.8) is 0 Å². The zero-order valence-corrected chi connectivity index (χ0v) is 16.2. The van der Waals surface area contributed by atoms with Gasteiger partial charge in [-0.1, -0.05) is 35.4 Å². The SMILES string of the molecule is Cc1cc(C)c(P(C(=O)C(F)(F)F)c2c(C)cc(C)cc2C)c(C)c1. The van der Waals surface area contributed by atoms with Crippen molar-refractivity contribution in [2.45, 2.75) is 47.7 Å². The molecule has 2 rings (SSSR count). The highest BCUT2D eigenvalue weighted by Gasteiger charge is 2.46. The van der Waals surface area contributed by atoms with Gasteiger partial charge in [-0.3, -0.25) is 4.79 Å². The minimum absolute atomic E-state index is 0.526. The van der Waals surface area contributed by atoms with Crippen LogP contribution in [0, 0.1) is 41.5 Å². The molecule has 2 aromatic rings. The molecule has 0 aromatic heterocycles. The molecule has 1 nitrogen and oxygen atoms in total. The van der Waals surface area contributed by atoms with Gasteiger partial charge in [-0.05, 0) is 74.4 Å². The van der Waals surface area contributed by atoms with Crippen LogP contribution in [0.3, 0.4) is 0 Å². The molecule has 0 aliphatic carbocycles. The topological polar surface area (TPSA) is 17.1 Å². The molecule has 2 aromatic carbocycles. The first-order valence-electron chi connectivity index (χ1n) is 8.00. The van der Waals surface area contributed by atoms with Gasteiger partial charge in [-0.2, -0.15) is 13.2 Å². The second kappa shape index (κ2) is 6.92. The van der Waals surface area contributed by atoms with E-state index in [9.17, 15) is 18.0 Å². The van der Waals surface area contributed by atoms with E-state index in [1.165, 1.54) is 0 Å². The summed E-state index contributed by atoms with van der Waals surface area (Å²) in [7, 11) is -2.17. The first kappa shape index (κ1) is 19.7. The van der Waals surface area contributed by atoms with Gasteiger partial charge < -0.3 is 0 Å². The summed E-state index contributed by atoms with van der Waals surface area (Å²) in [5.74, 6) is 0. The van der Waals surface area contributed by atoms with Crippen molar-refractivity contribution in [2.24, 2.45) is 0 Å². The number of alkyl halides is 3. The van der Waals surface area contributed by atoms with E-state index in [1.807, 2.05) is 38.1 Å². The van der Waals surface area contributed by atoms with Gasteiger partial charge in [-0.25, -0.2) is 0 Å². The number of rotatable bonds is 3. The van der Waals surface area contributed by atoms with Crippen LogP contribution in [-0.4, -0.2) is 11.7 Å². The van der Waals surface area contributed by atoms with Crippen molar-refractivity contribution in [1.29, 1.82) is 0 Å². The molecular weight excluding hydrogens is 344 g/mol. The summed E-state index contributed by atoms with van der Waals surface area (Å²) in [6.45, 7) is 10.9. The average Bonchev–Trinajstić information content (AvgIpc) is 2.41. The molecule has 0 spiro atoms. The van der Waals surface area contributed by atoms with Crippen LogP contribution in [0.5, 0.6) is 0 Å². The van der Waals surface area contributed by atoms with Gasteiger partial charge in [0.15, 0.2) is 0 Å². The zero-order chi connectivity index (χ0) is 19.1. The van der Waals surface area contributed by atoms with E-state index in [-0.39, 0.29) is 0 Å². The first-order valence-corrected chi connectivity index (χ1v) is 9.34. The lowest BCUT2D eigenvalue weighted by atomic mass is 10.1. The molecule has 0 saturated carbocycles. The fraction of sp³-hybridized carbons (Fsp3) is 0.350. The molecule has 0 atom stereocenters. The second-order valence-corrected chi connectivity index (χ2v) is 8.60. The molecule has 0 bridgehead atoms. The smallest absolute Gasteiger partial charge is 0.284 e. The quantitative estimate of drug-likeness (QED) is 0.694. The Bertz CT molecular complexity index is 734. The molecule has 0 aliphatic heterocycles. The van der Waals surface area contributed by atoms with Crippen molar-refractivity contribution in [3.05, 3.63) is 57.6 Å². The summed E-state index contributed by atoms with van der Waals surface area (Å²) in [6.07, 6.45) is -4.86. The van der Waals surface area contributed by atoms with Crippen LogP contribution in [0.4, 0.5) is 13.2 Å². The molecule has 0 radical (unpaired) electrons. The van der Waals surface area contributed by atoms with Gasteiger partial charge in [-0.15, -0.1) is 0 Å². The minimum atomic E-state index is -4.86. The average molecular weight is 366 g/mol. The Hall–Kier alpha value is -1.67. The third-order valence-electron chi connectivity index (χ3n) is 4.16. The van der Waals surface area contributed by atoms with Crippen molar-refractivity contribution in [2.75, 3.05) is 0 Å². The summed E-state index contributed by atoms with van der Waals surface area (Å²) < 4.78 is 40.3. The van der Waals surface area contributed by atoms with Crippen LogP contribution in [0.15, 0.2) is 24.3 Å². The molecule has 134 valence electrons. The van der Waals surface area contributed by atoms with Crippen LogP contribution in [0.2, 0.25) is 0 Å². The largest absolute Gasteiger partial charge is 0.455 e. The highest BCUT2D eigenvalue weighted by Crippen LogP contribution is 2.45. The van der Waals surface area contributed by atoms with Crippen molar-refractivity contribution < 1.29 is 18.0 Å². The van der Waals surface area contributed by atoms with E-state index in [4.69, 9.17) is 0 Å². The Labute approximate surface area is 148 Å². The molecule has 0 aliphatic rings. The number of carbonyl (C=O) groups excluding carboxylic acids is 1. The maximum atomic E-state index is 13.4. The Morgan fingerprint density at radius 3 is 1.24 bits per heavy atom. The number of carbonyl (C=O) groups is 1. The Morgan fingerprint density at radius 2 is 1.00 bits per heavy atom. The number of hydrogen-bond acceptors (Lipinski definition) is 1. The number of hydrogen-bond donors (Lipinski definition) is 0. The maximum absolute atomic E-state index is 13.4. The normalized spacial score (nSPS) is 11.9. The monoisotopic (exact) mass is 366 g/mol. The molecule has 0 amide bonds. The molecule has 0 unspecified atom stereocenters. The third-order valence-corrected chi connectivity index (χ3v) is 7.13. The lowest BCUT2D eigenvalue weighted by Gasteiger charge is -2.26. The van der Waals surface area contributed by atoms with Gasteiger partial charge >= 0.3 is 6.18 Å². The predicted molar refractivity (Wildman–Crippen MR) is 98.6 cm³/mol. The lowest BCUT2D eigenvalue weighted by molar-refractivity contribution is -0.160. The highest BCUT2D eigenvalue weighted by molar-refractivity contribution is 7.88. The van der Waals surface area contributed by atoms with Crippen molar-refractivity contribution in [3.8, 4) is 0 Å². The maximum Gasteiger partial charge on any atom is 0.455 e. The predicted octanol–water partition coefficient (Wildman–Crippen LogP) is 5.06. The van der Waals surface area contributed by atoms with Crippen molar-refractivity contribution in [1.82, 2.24) is 0 Å². The Kier molecular flexibility index (Phi) is 5.44. The fourth-order valence-electron chi connectivity index (χ4n) is 3.49. The van der Waals surface area contributed by atoms with E-state index < -0.39 is 19.6 Å². The van der Waals surface area contributed by atoms with Gasteiger partial charge in [0.2, 0.25) is 0 Å². The molecule has 0 heterocycles. The van der Waals surface area contributed by atoms with E-state index >= 15 is 0 Å². The van der Waals surface area contributed by atoms with Crippen LogP contribution in [-0.2, 0) is 4.79 Å². The molecule has 0 fully saturated rings. The van der Waals surface area contributed by atoms with Gasteiger partial charge in [0, 0.05) is 7.92 Å². The lowest BCUT2D eigenvalue weighted by Crippen LogP contribution is -2.33. The number of aryl methyl sites for hydroxylation is 6. The molecule has 25 heavy (non-hydrogen) atoms. The van der Waals surface area contributed by atoms with Gasteiger partial charge in [0.05, 0.1) is 0 Å². The summed E-state index contributed by atoms with van der Waals surface area (Å²) in [5, 5.41) is 1.05. The molecule has 0 saturated heterocycles. The summed E-state index contributed by atoms with van der Waals surface area (Å²) in [4.78, 5) is 12.4. The van der Waals surface area contributed by atoms with Gasteiger partial charge in [0.1, 0.15) is 0 Å². The van der Waals surface area contributed by atoms with E-state index in [0.717, 1.165) is 33.4 Å². The van der Waals surface area contributed by atoms with Crippen LogP contribution in [0.25, 0.3) is 0 Å². The second-order valence-electron chi connectivity index (χ2n) is 6.63.